The van der Waals surface area contributed by atoms with Gasteiger partial charge in [-0.25, -0.2) is 0 Å². The lowest BCUT2D eigenvalue weighted by atomic mass is 10.0. The van der Waals surface area contributed by atoms with E-state index in [1.165, 1.54) is 6.42 Å². The highest BCUT2D eigenvalue weighted by molar-refractivity contribution is 4.94. The van der Waals surface area contributed by atoms with Gasteiger partial charge >= 0.3 is 0 Å². The number of hydrogen-bond donors (Lipinski definition) is 0. The van der Waals surface area contributed by atoms with Crippen molar-refractivity contribution in [1.29, 1.82) is 0 Å². The molecule has 0 amide bonds. The van der Waals surface area contributed by atoms with Gasteiger partial charge in [-0.15, -0.1) is 0 Å². The highest BCUT2D eigenvalue weighted by Crippen LogP contribution is 2.39. The van der Waals surface area contributed by atoms with E-state index in [-0.39, 0.29) is 5.60 Å². The van der Waals surface area contributed by atoms with Crippen molar-refractivity contribution < 1.29 is 4.74 Å². The summed E-state index contributed by atoms with van der Waals surface area (Å²) in [7, 11) is 0. The fraction of sp³-hybridized carbons (Fsp3) is 1.00. The molecule has 1 fully saturated rings. The average molecular weight is 128 g/mol. The Bertz CT molecular complexity index is 105. The normalized spacial score (nSPS) is 31.0. The second kappa shape index (κ2) is 1.98. The van der Waals surface area contributed by atoms with E-state index < -0.39 is 0 Å². The van der Waals surface area contributed by atoms with Crippen molar-refractivity contribution in [3.63, 3.8) is 0 Å². The average Bonchev–Trinajstić information content (AvgIpc) is 2.10. The molecule has 54 valence electrons. The summed E-state index contributed by atoms with van der Waals surface area (Å²) in [5, 5.41) is 0. The Kier molecular flexibility index (Phi) is 1.55. The van der Waals surface area contributed by atoms with E-state index in [9.17, 15) is 0 Å². The molecule has 0 saturated carbocycles. The highest BCUT2D eigenvalue weighted by Gasteiger charge is 2.47. The molecule has 0 aromatic rings. The maximum atomic E-state index is 5.42. The Labute approximate surface area is 57.4 Å². The number of epoxide rings is 1. The summed E-state index contributed by atoms with van der Waals surface area (Å²) < 4.78 is 5.42. The van der Waals surface area contributed by atoms with E-state index >= 15 is 0 Å². The molecular formula is C8H16O. The first kappa shape index (κ1) is 7.07. The topological polar surface area (TPSA) is 12.5 Å². The fourth-order valence-corrected chi connectivity index (χ4v) is 1.09. The second-order valence-electron chi connectivity index (χ2n) is 3.84. The zero-order chi connectivity index (χ0) is 7.07. The van der Waals surface area contributed by atoms with Crippen molar-refractivity contribution in [1.82, 2.24) is 0 Å². The molecule has 0 aromatic carbocycles. The smallest absolute Gasteiger partial charge is 0.0892 e. The molecular weight excluding hydrogens is 112 g/mol. The van der Waals surface area contributed by atoms with Crippen molar-refractivity contribution in [2.24, 2.45) is 5.92 Å². The molecule has 0 radical (unpaired) electrons. The van der Waals surface area contributed by atoms with Gasteiger partial charge in [-0.3, -0.25) is 0 Å². The Morgan fingerprint density at radius 1 is 1.44 bits per heavy atom. The lowest BCUT2D eigenvalue weighted by molar-refractivity contribution is 0.312. The molecule has 1 heteroatoms. The number of ether oxygens (including phenoxy) is 1. The molecule has 1 aliphatic heterocycles. The lowest BCUT2D eigenvalue weighted by Crippen LogP contribution is -2.05. The molecule has 0 spiro atoms. The van der Waals surface area contributed by atoms with E-state index in [0.29, 0.717) is 6.10 Å². The first-order chi connectivity index (χ1) is 4.02. The molecule has 9 heavy (non-hydrogen) atoms. The van der Waals surface area contributed by atoms with Gasteiger partial charge in [0.25, 0.3) is 0 Å². The van der Waals surface area contributed by atoms with Crippen molar-refractivity contribution in [3.05, 3.63) is 0 Å². The summed E-state index contributed by atoms with van der Waals surface area (Å²) in [5.74, 6) is 0.775. The van der Waals surface area contributed by atoms with Crippen LogP contribution < -0.4 is 0 Å². The van der Waals surface area contributed by atoms with Crippen molar-refractivity contribution in [2.75, 3.05) is 0 Å². The molecule has 1 unspecified atom stereocenters. The Morgan fingerprint density at radius 3 is 2.00 bits per heavy atom. The van der Waals surface area contributed by atoms with Gasteiger partial charge in [0.15, 0.2) is 0 Å². The van der Waals surface area contributed by atoms with Crippen LogP contribution in [0.25, 0.3) is 0 Å². The standard InChI is InChI=1S/C8H16O/c1-6(2)5-7-8(3,4)9-7/h6-7H,5H2,1-4H3. The van der Waals surface area contributed by atoms with Gasteiger partial charge < -0.3 is 4.74 Å². The zero-order valence-electron chi connectivity index (χ0n) is 6.77. The van der Waals surface area contributed by atoms with Crippen LogP contribution in [0.5, 0.6) is 0 Å². The van der Waals surface area contributed by atoms with Crippen LogP contribution in [0.2, 0.25) is 0 Å². The number of rotatable bonds is 2. The Morgan fingerprint density at radius 2 is 1.89 bits per heavy atom. The summed E-state index contributed by atoms with van der Waals surface area (Å²) in [6.07, 6.45) is 1.75. The molecule has 1 aliphatic rings. The molecule has 1 saturated heterocycles. The third kappa shape index (κ3) is 1.68. The minimum Gasteiger partial charge on any atom is -0.367 e. The summed E-state index contributed by atoms with van der Waals surface area (Å²) >= 11 is 0. The van der Waals surface area contributed by atoms with Crippen LogP contribution in [0.1, 0.15) is 34.1 Å². The van der Waals surface area contributed by atoms with Crippen LogP contribution in [0.3, 0.4) is 0 Å². The van der Waals surface area contributed by atoms with Gasteiger partial charge in [0.2, 0.25) is 0 Å². The first-order valence-electron chi connectivity index (χ1n) is 3.70. The summed E-state index contributed by atoms with van der Waals surface area (Å²) in [4.78, 5) is 0. The third-order valence-corrected chi connectivity index (χ3v) is 1.85. The molecule has 0 aliphatic carbocycles. The quantitative estimate of drug-likeness (QED) is 0.519. The fourth-order valence-electron chi connectivity index (χ4n) is 1.09. The van der Waals surface area contributed by atoms with E-state index in [2.05, 4.69) is 27.7 Å². The van der Waals surface area contributed by atoms with Gasteiger partial charge in [0.05, 0.1) is 11.7 Å². The van der Waals surface area contributed by atoms with Crippen molar-refractivity contribution >= 4 is 0 Å². The number of hydrogen-bond acceptors (Lipinski definition) is 1. The minimum absolute atomic E-state index is 0.199. The first-order valence-corrected chi connectivity index (χ1v) is 3.70. The van der Waals surface area contributed by atoms with Crippen molar-refractivity contribution in [2.45, 2.75) is 45.8 Å². The summed E-state index contributed by atoms with van der Waals surface area (Å²) in [5.41, 5.74) is 0.199. The zero-order valence-corrected chi connectivity index (χ0v) is 6.77. The monoisotopic (exact) mass is 128 g/mol. The molecule has 0 N–H and O–H groups in total. The van der Waals surface area contributed by atoms with Gasteiger partial charge in [-0.2, -0.15) is 0 Å². The minimum atomic E-state index is 0.199. The predicted molar refractivity (Wildman–Crippen MR) is 38.4 cm³/mol. The van der Waals surface area contributed by atoms with Crippen LogP contribution in [0, 0.1) is 5.92 Å². The van der Waals surface area contributed by atoms with Gasteiger partial charge in [-0.1, -0.05) is 13.8 Å². The van der Waals surface area contributed by atoms with Gasteiger partial charge in [0, 0.05) is 0 Å². The molecule has 1 rings (SSSR count). The van der Waals surface area contributed by atoms with E-state index in [0.717, 1.165) is 5.92 Å². The highest BCUT2D eigenvalue weighted by atomic mass is 16.6. The van der Waals surface area contributed by atoms with Crippen LogP contribution in [0.4, 0.5) is 0 Å². The van der Waals surface area contributed by atoms with Crippen LogP contribution in [-0.4, -0.2) is 11.7 Å². The third-order valence-electron chi connectivity index (χ3n) is 1.85. The summed E-state index contributed by atoms with van der Waals surface area (Å²) in [6.45, 7) is 8.77. The lowest BCUT2D eigenvalue weighted by Gasteiger charge is -1.99. The van der Waals surface area contributed by atoms with Crippen LogP contribution in [-0.2, 0) is 4.74 Å². The van der Waals surface area contributed by atoms with Gasteiger partial charge in [-0.05, 0) is 26.2 Å². The maximum absolute atomic E-state index is 5.42. The molecule has 1 heterocycles. The van der Waals surface area contributed by atoms with Crippen LogP contribution in [0.15, 0.2) is 0 Å². The van der Waals surface area contributed by atoms with E-state index in [4.69, 9.17) is 4.74 Å². The second-order valence-corrected chi connectivity index (χ2v) is 3.84. The molecule has 0 bridgehead atoms. The molecule has 0 aromatic heterocycles. The predicted octanol–water partition coefficient (Wildman–Crippen LogP) is 2.21. The van der Waals surface area contributed by atoms with Crippen molar-refractivity contribution in [3.8, 4) is 0 Å². The Hall–Kier alpha value is -0.0400. The van der Waals surface area contributed by atoms with Gasteiger partial charge in [0.1, 0.15) is 0 Å². The summed E-state index contributed by atoms with van der Waals surface area (Å²) in [6, 6.07) is 0. The maximum Gasteiger partial charge on any atom is 0.0892 e. The van der Waals surface area contributed by atoms with Crippen LogP contribution >= 0.6 is 0 Å². The largest absolute Gasteiger partial charge is 0.367 e. The Balaban J connectivity index is 2.20. The SMILES string of the molecule is CC(C)CC1OC1(C)C. The molecule has 1 atom stereocenters. The molecule has 1 nitrogen and oxygen atoms in total. The van der Waals surface area contributed by atoms with E-state index in [1.807, 2.05) is 0 Å². The van der Waals surface area contributed by atoms with E-state index in [1.54, 1.807) is 0 Å².